The maximum Gasteiger partial charge on any atom is 0.137 e. The topological polar surface area (TPSA) is 42.7 Å². The van der Waals surface area contributed by atoms with E-state index < -0.39 is 0 Å². The maximum atomic E-state index is 4.47. The lowest BCUT2D eigenvalue weighted by Crippen LogP contribution is -2.24. The Balaban J connectivity index is 1.69. The summed E-state index contributed by atoms with van der Waals surface area (Å²) >= 11 is 0. The van der Waals surface area contributed by atoms with Gasteiger partial charge in [0.25, 0.3) is 0 Å². The molecule has 2 saturated heterocycles. The monoisotopic (exact) mass is 218 g/mol. The van der Waals surface area contributed by atoms with Crippen LogP contribution in [0.1, 0.15) is 49.7 Å². The summed E-state index contributed by atoms with van der Waals surface area (Å²) in [6.45, 7) is 1.14. The van der Waals surface area contributed by atoms with Gasteiger partial charge >= 0.3 is 0 Å². The van der Waals surface area contributed by atoms with Gasteiger partial charge in [0, 0.05) is 31.0 Å². The van der Waals surface area contributed by atoms with E-state index in [9.17, 15) is 0 Å². The van der Waals surface area contributed by atoms with Gasteiger partial charge in [-0.1, -0.05) is 0 Å². The predicted octanol–water partition coefficient (Wildman–Crippen LogP) is 1.22. The van der Waals surface area contributed by atoms with E-state index in [1.54, 1.807) is 0 Å². The van der Waals surface area contributed by atoms with Crippen molar-refractivity contribution in [3.8, 4) is 0 Å². The van der Waals surface area contributed by atoms with Gasteiger partial charge in [-0.3, -0.25) is 0 Å². The van der Waals surface area contributed by atoms with Crippen molar-refractivity contribution in [2.45, 2.75) is 63.1 Å². The third-order valence-electron chi connectivity index (χ3n) is 4.52. The van der Waals surface area contributed by atoms with Crippen molar-refractivity contribution in [1.29, 1.82) is 0 Å². The molecule has 1 aromatic rings. The average Bonchev–Trinajstić information content (AvgIpc) is 3.03. The van der Waals surface area contributed by atoms with Crippen LogP contribution in [0.2, 0.25) is 0 Å². The summed E-state index contributed by atoms with van der Waals surface area (Å²) < 4.78 is 2.40. The van der Waals surface area contributed by atoms with Gasteiger partial charge in [-0.05, 0) is 32.1 Å². The molecule has 3 aliphatic rings. The highest BCUT2D eigenvalue weighted by Gasteiger charge is 2.42. The smallest absolute Gasteiger partial charge is 0.137 e. The zero-order valence-corrected chi connectivity index (χ0v) is 9.52. The molecule has 0 aliphatic carbocycles. The number of hydrogen-bond donors (Lipinski definition) is 1. The van der Waals surface area contributed by atoms with Crippen LogP contribution < -0.4 is 5.32 Å². The number of rotatable bonds is 1. The molecule has 0 spiro atoms. The number of aromatic nitrogens is 3. The van der Waals surface area contributed by atoms with Crippen LogP contribution in [-0.2, 0) is 13.0 Å². The summed E-state index contributed by atoms with van der Waals surface area (Å²) in [4.78, 5) is 0. The second-order valence-corrected chi connectivity index (χ2v) is 5.47. The van der Waals surface area contributed by atoms with E-state index >= 15 is 0 Å². The molecule has 2 bridgehead atoms. The Hall–Kier alpha value is -0.900. The Morgan fingerprint density at radius 1 is 1.19 bits per heavy atom. The van der Waals surface area contributed by atoms with E-state index in [-0.39, 0.29) is 0 Å². The van der Waals surface area contributed by atoms with Gasteiger partial charge in [-0.15, -0.1) is 10.2 Å². The molecule has 3 aliphatic heterocycles. The van der Waals surface area contributed by atoms with E-state index in [1.807, 2.05) is 0 Å². The van der Waals surface area contributed by atoms with E-state index in [2.05, 4.69) is 20.1 Å². The van der Waals surface area contributed by atoms with Gasteiger partial charge in [-0.25, -0.2) is 0 Å². The lowest BCUT2D eigenvalue weighted by molar-refractivity contribution is 0.441. The zero-order valence-electron chi connectivity index (χ0n) is 9.52. The first kappa shape index (κ1) is 9.16. The summed E-state index contributed by atoms with van der Waals surface area (Å²) in [6.07, 6.45) is 7.68. The van der Waals surface area contributed by atoms with Crippen molar-refractivity contribution in [2.24, 2.45) is 0 Å². The number of nitrogens with zero attached hydrogens (tertiary/aromatic N) is 3. The fourth-order valence-electron chi connectivity index (χ4n) is 3.71. The van der Waals surface area contributed by atoms with Crippen LogP contribution >= 0.6 is 0 Å². The van der Waals surface area contributed by atoms with Crippen molar-refractivity contribution in [1.82, 2.24) is 20.1 Å². The second kappa shape index (κ2) is 3.29. The molecule has 3 unspecified atom stereocenters. The quantitative estimate of drug-likeness (QED) is 0.770. The standard InChI is InChI=1S/C12H18N4/c1-2-6-16-11(3-1)14-15-12(16)9-7-8-4-5-10(9)13-8/h8-10,13H,1-7H2. The summed E-state index contributed by atoms with van der Waals surface area (Å²) in [6, 6.07) is 1.44. The molecule has 0 saturated carbocycles. The first-order valence-electron chi connectivity index (χ1n) is 6.60. The van der Waals surface area contributed by atoms with Gasteiger partial charge in [0.1, 0.15) is 11.6 Å². The highest BCUT2D eigenvalue weighted by Crippen LogP contribution is 2.39. The van der Waals surface area contributed by atoms with Gasteiger partial charge in [0.05, 0.1) is 0 Å². The molecule has 4 heteroatoms. The summed E-state index contributed by atoms with van der Waals surface area (Å²) in [7, 11) is 0. The van der Waals surface area contributed by atoms with Gasteiger partial charge in [0.2, 0.25) is 0 Å². The minimum absolute atomic E-state index is 0.637. The summed E-state index contributed by atoms with van der Waals surface area (Å²) in [5.41, 5.74) is 0. The average molecular weight is 218 g/mol. The highest BCUT2D eigenvalue weighted by molar-refractivity contribution is 5.14. The minimum atomic E-state index is 0.637. The van der Waals surface area contributed by atoms with Crippen molar-refractivity contribution in [3.05, 3.63) is 11.6 Å². The molecular formula is C12H18N4. The Morgan fingerprint density at radius 2 is 2.19 bits per heavy atom. The maximum absolute atomic E-state index is 4.47. The first-order valence-corrected chi connectivity index (χ1v) is 6.60. The van der Waals surface area contributed by atoms with Crippen LogP contribution in [0.4, 0.5) is 0 Å². The van der Waals surface area contributed by atoms with Crippen LogP contribution in [0.15, 0.2) is 0 Å². The van der Waals surface area contributed by atoms with Gasteiger partial charge in [-0.2, -0.15) is 0 Å². The molecule has 0 aromatic carbocycles. The third-order valence-corrected chi connectivity index (χ3v) is 4.52. The molecule has 2 fully saturated rings. The van der Waals surface area contributed by atoms with Crippen molar-refractivity contribution in [3.63, 3.8) is 0 Å². The van der Waals surface area contributed by atoms with E-state index in [0.717, 1.165) is 19.0 Å². The summed E-state index contributed by atoms with van der Waals surface area (Å²) in [5.74, 6) is 3.14. The first-order chi connectivity index (χ1) is 7.92. The molecule has 0 amide bonds. The van der Waals surface area contributed by atoms with E-state index in [4.69, 9.17) is 0 Å². The largest absolute Gasteiger partial charge is 0.315 e. The Bertz CT molecular complexity index is 411. The molecule has 1 aromatic heterocycles. The number of aryl methyl sites for hydroxylation is 1. The predicted molar refractivity (Wildman–Crippen MR) is 60.3 cm³/mol. The fraction of sp³-hybridized carbons (Fsp3) is 0.833. The number of fused-ring (bicyclic) bond motifs is 3. The SMILES string of the molecule is C1CCn2c(nnc2C2CC3CCC2N3)C1. The van der Waals surface area contributed by atoms with Crippen molar-refractivity contribution < 1.29 is 0 Å². The van der Waals surface area contributed by atoms with Crippen LogP contribution in [0.3, 0.4) is 0 Å². The number of nitrogens with one attached hydrogen (secondary N) is 1. The van der Waals surface area contributed by atoms with Crippen LogP contribution in [-0.4, -0.2) is 26.8 Å². The molecule has 4 rings (SSSR count). The van der Waals surface area contributed by atoms with Crippen molar-refractivity contribution in [2.75, 3.05) is 0 Å². The van der Waals surface area contributed by atoms with Gasteiger partial charge < -0.3 is 9.88 Å². The Labute approximate surface area is 95.4 Å². The molecule has 4 nitrogen and oxygen atoms in total. The molecule has 86 valence electrons. The molecule has 1 N–H and O–H groups in total. The van der Waals surface area contributed by atoms with Crippen LogP contribution in [0, 0.1) is 0 Å². The highest BCUT2D eigenvalue weighted by atomic mass is 15.3. The zero-order chi connectivity index (χ0) is 10.5. The molecule has 4 heterocycles. The van der Waals surface area contributed by atoms with Crippen LogP contribution in [0.5, 0.6) is 0 Å². The normalized spacial score (nSPS) is 36.6. The fourth-order valence-corrected chi connectivity index (χ4v) is 3.71. The van der Waals surface area contributed by atoms with Crippen molar-refractivity contribution >= 4 is 0 Å². The molecule has 0 radical (unpaired) electrons. The summed E-state index contributed by atoms with van der Waals surface area (Å²) in [5, 5.41) is 12.5. The molecule has 16 heavy (non-hydrogen) atoms. The third kappa shape index (κ3) is 1.19. The lowest BCUT2D eigenvalue weighted by atomic mass is 9.88. The number of hydrogen-bond acceptors (Lipinski definition) is 3. The molecular weight excluding hydrogens is 200 g/mol. The Morgan fingerprint density at radius 3 is 3.00 bits per heavy atom. The second-order valence-electron chi connectivity index (χ2n) is 5.47. The van der Waals surface area contributed by atoms with E-state index in [1.165, 1.54) is 43.8 Å². The van der Waals surface area contributed by atoms with Crippen LogP contribution in [0.25, 0.3) is 0 Å². The van der Waals surface area contributed by atoms with E-state index in [0.29, 0.717) is 12.0 Å². The van der Waals surface area contributed by atoms with Gasteiger partial charge in [0.15, 0.2) is 0 Å². The molecule has 3 atom stereocenters. The minimum Gasteiger partial charge on any atom is -0.315 e. The Kier molecular flexibility index (Phi) is 1.89. The lowest BCUT2D eigenvalue weighted by Gasteiger charge is -2.22.